The van der Waals surface area contributed by atoms with Crippen LogP contribution in [-0.2, 0) is 0 Å². The predicted octanol–water partition coefficient (Wildman–Crippen LogP) is 3.18. The third kappa shape index (κ3) is 4.48. The van der Waals surface area contributed by atoms with E-state index in [0.717, 1.165) is 50.9 Å². The first-order chi connectivity index (χ1) is 13.0. The van der Waals surface area contributed by atoms with Crippen molar-refractivity contribution in [3.63, 3.8) is 0 Å². The van der Waals surface area contributed by atoms with Gasteiger partial charge in [0, 0.05) is 12.7 Å². The fraction of sp³-hybridized carbons (Fsp3) is 0.636. The lowest BCUT2D eigenvalue weighted by atomic mass is 9.84. The number of pyridine rings is 1. The van der Waals surface area contributed by atoms with Crippen molar-refractivity contribution >= 4 is 5.71 Å². The van der Waals surface area contributed by atoms with Crippen molar-refractivity contribution in [3.8, 4) is 0 Å². The van der Waals surface area contributed by atoms with Crippen LogP contribution in [0.2, 0.25) is 0 Å². The van der Waals surface area contributed by atoms with Crippen molar-refractivity contribution < 1.29 is 5.11 Å². The van der Waals surface area contributed by atoms with Crippen LogP contribution in [0.25, 0.3) is 0 Å². The molecule has 5 heteroatoms. The molecular weight excluding hydrogens is 336 g/mol. The van der Waals surface area contributed by atoms with E-state index in [-0.39, 0.29) is 18.2 Å². The molecule has 27 heavy (non-hydrogen) atoms. The minimum Gasteiger partial charge on any atom is -0.393 e. The first-order valence-electron chi connectivity index (χ1n) is 10.3. The van der Waals surface area contributed by atoms with Crippen molar-refractivity contribution in [1.29, 1.82) is 0 Å². The molecule has 3 rings (SSSR count). The molecule has 148 valence electrons. The number of aliphatic hydroxyl groups is 1. The van der Waals surface area contributed by atoms with Crippen molar-refractivity contribution in [1.82, 2.24) is 9.88 Å². The van der Waals surface area contributed by atoms with Gasteiger partial charge in [-0.25, -0.2) is 0 Å². The molecule has 5 nitrogen and oxygen atoms in total. The first-order valence-corrected chi connectivity index (χ1v) is 10.3. The Balaban J connectivity index is 1.97. The molecule has 2 aliphatic rings. The van der Waals surface area contributed by atoms with Crippen molar-refractivity contribution in [2.75, 3.05) is 19.6 Å². The highest BCUT2D eigenvalue weighted by molar-refractivity contribution is 6.04. The van der Waals surface area contributed by atoms with Gasteiger partial charge >= 0.3 is 0 Å². The van der Waals surface area contributed by atoms with Gasteiger partial charge in [0.1, 0.15) is 0 Å². The molecule has 0 amide bonds. The summed E-state index contributed by atoms with van der Waals surface area (Å²) in [6, 6.07) is 4.36. The largest absolute Gasteiger partial charge is 0.393 e. The van der Waals surface area contributed by atoms with Crippen LogP contribution < -0.4 is 5.73 Å². The number of hydrogen-bond donors (Lipinski definition) is 2. The number of aliphatic imine (C=N–C) groups is 1. The number of aliphatic hydroxyl groups excluding tert-OH is 1. The Morgan fingerprint density at radius 2 is 1.96 bits per heavy atom. The van der Waals surface area contributed by atoms with Gasteiger partial charge in [0.2, 0.25) is 0 Å². The van der Waals surface area contributed by atoms with Gasteiger partial charge in [-0.1, -0.05) is 11.6 Å². The van der Waals surface area contributed by atoms with E-state index in [1.807, 2.05) is 12.3 Å². The minimum atomic E-state index is -0.329. The standard InChI is InChI=1S/C22H34N4O/c1-15-8-11-25-22(17(15)3)20-14-18(27)13-19(26(20)12-5-4-9-23)21-16(2)7-6-10-24-21/h6-7,10,18-20,27H,4-5,8-9,11-14,23H2,1-3H3/t18-,19+,20-/m0/s1. The molecule has 0 unspecified atom stereocenters. The lowest BCUT2D eigenvalue weighted by Crippen LogP contribution is -2.51. The Morgan fingerprint density at radius 1 is 1.19 bits per heavy atom. The molecular formula is C22H34N4O. The molecule has 0 saturated carbocycles. The number of rotatable bonds is 6. The number of unbranched alkanes of at least 4 members (excludes halogenated alkanes) is 1. The summed E-state index contributed by atoms with van der Waals surface area (Å²) in [5.74, 6) is 0. The highest BCUT2D eigenvalue weighted by Gasteiger charge is 2.39. The Bertz CT molecular complexity index is 712. The molecule has 0 aromatic carbocycles. The summed E-state index contributed by atoms with van der Waals surface area (Å²) in [4.78, 5) is 12.1. The van der Waals surface area contributed by atoms with Crippen molar-refractivity contribution in [2.24, 2.45) is 10.7 Å². The van der Waals surface area contributed by atoms with Crippen LogP contribution in [0.3, 0.4) is 0 Å². The maximum atomic E-state index is 10.7. The first kappa shape index (κ1) is 20.2. The minimum absolute atomic E-state index is 0.121. The van der Waals surface area contributed by atoms with Crippen molar-refractivity contribution in [3.05, 3.63) is 40.7 Å². The number of hydrogen-bond acceptors (Lipinski definition) is 5. The van der Waals surface area contributed by atoms with Crippen LogP contribution in [0.5, 0.6) is 0 Å². The van der Waals surface area contributed by atoms with Crippen LogP contribution in [0.4, 0.5) is 0 Å². The molecule has 3 heterocycles. The van der Waals surface area contributed by atoms with Gasteiger partial charge in [-0.05, 0) is 83.2 Å². The number of dihydropyridines is 1. The molecule has 0 bridgehead atoms. The number of nitrogens with two attached hydrogens (primary N) is 1. The maximum absolute atomic E-state index is 10.7. The van der Waals surface area contributed by atoms with Crippen LogP contribution in [-0.4, -0.2) is 52.5 Å². The van der Waals surface area contributed by atoms with E-state index in [2.05, 4.69) is 31.7 Å². The van der Waals surface area contributed by atoms with E-state index in [1.165, 1.54) is 22.4 Å². The number of piperidine rings is 1. The highest BCUT2D eigenvalue weighted by Crippen LogP contribution is 2.37. The summed E-state index contributed by atoms with van der Waals surface area (Å²) in [5, 5.41) is 10.7. The van der Waals surface area contributed by atoms with Crippen LogP contribution in [0.15, 0.2) is 34.5 Å². The van der Waals surface area contributed by atoms with E-state index in [9.17, 15) is 5.11 Å². The normalized spacial score (nSPS) is 27.0. The quantitative estimate of drug-likeness (QED) is 0.754. The molecule has 1 aromatic heterocycles. The Labute approximate surface area is 163 Å². The molecule has 3 N–H and O–H groups in total. The summed E-state index contributed by atoms with van der Waals surface area (Å²) in [7, 11) is 0. The van der Waals surface area contributed by atoms with E-state index < -0.39 is 0 Å². The topological polar surface area (TPSA) is 74.7 Å². The monoisotopic (exact) mass is 370 g/mol. The van der Waals surface area contributed by atoms with E-state index >= 15 is 0 Å². The molecule has 1 fully saturated rings. The molecule has 1 aromatic rings. The molecule has 0 spiro atoms. The number of nitrogens with zero attached hydrogens (tertiary/aromatic N) is 3. The summed E-state index contributed by atoms with van der Waals surface area (Å²) < 4.78 is 0. The summed E-state index contributed by atoms with van der Waals surface area (Å²) in [6.07, 6.45) is 6.12. The average Bonchev–Trinajstić information content (AvgIpc) is 2.65. The van der Waals surface area contributed by atoms with Crippen LogP contribution in [0.1, 0.15) is 63.3 Å². The average molecular weight is 371 g/mol. The lowest BCUT2D eigenvalue weighted by Gasteiger charge is -2.45. The molecule has 0 radical (unpaired) electrons. The van der Waals surface area contributed by atoms with Gasteiger partial charge in [-0.15, -0.1) is 0 Å². The third-order valence-corrected chi connectivity index (χ3v) is 6.14. The fourth-order valence-electron chi connectivity index (χ4n) is 4.46. The fourth-order valence-corrected chi connectivity index (χ4v) is 4.46. The second kappa shape index (κ2) is 9.09. The van der Waals surface area contributed by atoms with Gasteiger partial charge in [0.05, 0.1) is 29.6 Å². The number of aryl methyl sites for hydroxylation is 1. The highest BCUT2D eigenvalue weighted by atomic mass is 16.3. The second-order valence-corrected chi connectivity index (χ2v) is 8.02. The van der Waals surface area contributed by atoms with Crippen molar-refractivity contribution in [2.45, 2.75) is 71.1 Å². The van der Waals surface area contributed by atoms with Gasteiger partial charge in [0.15, 0.2) is 0 Å². The number of aromatic nitrogens is 1. The van der Waals surface area contributed by atoms with E-state index in [0.29, 0.717) is 6.54 Å². The molecule has 1 saturated heterocycles. The lowest BCUT2D eigenvalue weighted by molar-refractivity contribution is 0.0193. The second-order valence-electron chi connectivity index (χ2n) is 8.02. The third-order valence-electron chi connectivity index (χ3n) is 6.14. The predicted molar refractivity (Wildman–Crippen MR) is 111 cm³/mol. The maximum Gasteiger partial charge on any atom is 0.0605 e. The van der Waals surface area contributed by atoms with E-state index in [1.54, 1.807) is 0 Å². The van der Waals surface area contributed by atoms with Gasteiger partial charge < -0.3 is 10.8 Å². The van der Waals surface area contributed by atoms with Gasteiger partial charge in [0.25, 0.3) is 0 Å². The number of likely N-dealkylation sites (tertiary alicyclic amines) is 1. The van der Waals surface area contributed by atoms with Crippen LogP contribution in [0, 0.1) is 6.92 Å². The summed E-state index contributed by atoms with van der Waals surface area (Å²) >= 11 is 0. The Kier molecular flexibility index (Phi) is 6.79. The summed E-state index contributed by atoms with van der Waals surface area (Å²) in [6.45, 7) is 9.04. The Hall–Kier alpha value is -1.56. The van der Waals surface area contributed by atoms with Gasteiger partial charge in [-0.2, -0.15) is 0 Å². The molecule has 0 aliphatic carbocycles. The molecule has 2 aliphatic heterocycles. The van der Waals surface area contributed by atoms with Crippen LogP contribution >= 0.6 is 0 Å². The summed E-state index contributed by atoms with van der Waals surface area (Å²) in [5.41, 5.74) is 11.9. The zero-order chi connectivity index (χ0) is 19.4. The van der Waals surface area contributed by atoms with Gasteiger partial charge in [-0.3, -0.25) is 14.9 Å². The smallest absolute Gasteiger partial charge is 0.0605 e. The zero-order valence-corrected chi connectivity index (χ0v) is 17.0. The molecule has 3 atom stereocenters. The Morgan fingerprint density at radius 3 is 2.70 bits per heavy atom. The zero-order valence-electron chi connectivity index (χ0n) is 17.0. The SMILES string of the molecule is CC1=C(C)C([C@@H]2C[C@@H](O)C[C@H](c3ncccc3C)N2CCCCN)=NCC1. The van der Waals surface area contributed by atoms with E-state index in [4.69, 9.17) is 15.7 Å².